The quantitative estimate of drug-likeness (QED) is 0.770. The summed E-state index contributed by atoms with van der Waals surface area (Å²) in [7, 11) is 0. The molecule has 0 bridgehead atoms. The number of thioether (sulfide) groups is 1. The highest BCUT2D eigenvalue weighted by Crippen LogP contribution is 2.34. The molecule has 98 valence electrons. The average molecular weight is 339 g/mol. The number of rotatable bonds is 4. The number of carboxylic acids is 2. The molecule has 0 N–H and O–H groups in total. The molecule has 0 atom stereocenters. The molecule has 0 unspecified atom stereocenters. The zero-order chi connectivity index (χ0) is 14.0. The molecule has 6 heteroatoms. The van der Waals surface area contributed by atoms with Crippen LogP contribution in [0.3, 0.4) is 0 Å². The van der Waals surface area contributed by atoms with E-state index in [-0.39, 0.29) is 11.3 Å². The topological polar surface area (TPSA) is 80.3 Å². The third kappa shape index (κ3) is 2.90. The van der Waals surface area contributed by atoms with Crippen LogP contribution in [0.1, 0.15) is 10.4 Å². The second-order valence-corrected chi connectivity index (χ2v) is 5.59. The molecular formula is C13H7BrO4S-2. The first kappa shape index (κ1) is 13.9. The molecule has 0 saturated carbocycles. The van der Waals surface area contributed by atoms with Gasteiger partial charge in [0.05, 0.1) is 11.9 Å². The fourth-order valence-corrected chi connectivity index (χ4v) is 3.03. The van der Waals surface area contributed by atoms with Gasteiger partial charge in [-0.05, 0) is 17.5 Å². The van der Waals surface area contributed by atoms with Crippen molar-refractivity contribution in [3.63, 3.8) is 0 Å². The van der Waals surface area contributed by atoms with Crippen molar-refractivity contribution in [2.75, 3.05) is 5.75 Å². The number of aromatic carboxylic acids is 1. The molecule has 0 fully saturated rings. The van der Waals surface area contributed by atoms with Crippen LogP contribution < -0.4 is 10.2 Å². The molecule has 0 saturated heterocycles. The molecule has 0 aliphatic carbocycles. The highest BCUT2D eigenvalue weighted by atomic mass is 79.9. The van der Waals surface area contributed by atoms with Gasteiger partial charge in [0.2, 0.25) is 0 Å². The third-order valence-electron chi connectivity index (χ3n) is 2.51. The Morgan fingerprint density at radius 1 is 1.16 bits per heavy atom. The number of fused-ring (bicyclic) bond motifs is 1. The molecule has 2 aromatic rings. The number of carboxylic acid groups (broad SMARTS) is 2. The monoisotopic (exact) mass is 338 g/mol. The van der Waals surface area contributed by atoms with Crippen molar-refractivity contribution in [1.82, 2.24) is 0 Å². The molecule has 0 spiro atoms. The fourth-order valence-electron chi connectivity index (χ4n) is 1.77. The Bertz CT molecular complexity index is 669. The standard InChI is InChI=1S/C13H9BrO4S/c14-9-4-5-10(19-6-11(15)16)12-7(9)2-1-3-8(12)13(17)18/h1-5H,6H2,(H,15,16)(H,17,18)/p-2. The van der Waals surface area contributed by atoms with Crippen LogP contribution in [0, 0.1) is 0 Å². The predicted octanol–water partition coefficient (Wildman–Crippen LogP) is 0.808. The van der Waals surface area contributed by atoms with Crippen LogP contribution >= 0.6 is 27.7 Å². The maximum atomic E-state index is 11.2. The number of carbonyl (C=O) groups is 2. The predicted molar refractivity (Wildman–Crippen MR) is 71.7 cm³/mol. The molecule has 19 heavy (non-hydrogen) atoms. The summed E-state index contributed by atoms with van der Waals surface area (Å²) in [5.74, 6) is -2.73. The van der Waals surface area contributed by atoms with E-state index in [0.717, 1.165) is 16.2 Å². The highest BCUT2D eigenvalue weighted by Gasteiger charge is 2.10. The minimum Gasteiger partial charge on any atom is -0.549 e. The van der Waals surface area contributed by atoms with Crippen LogP contribution in [0.5, 0.6) is 0 Å². The van der Waals surface area contributed by atoms with E-state index in [1.807, 2.05) is 0 Å². The van der Waals surface area contributed by atoms with Gasteiger partial charge in [-0.3, -0.25) is 0 Å². The maximum absolute atomic E-state index is 11.2. The molecule has 0 aromatic heterocycles. The van der Waals surface area contributed by atoms with Crippen LogP contribution in [0.25, 0.3) is 10.8 Å². The Morgan fingerprint density at radius 2 is 1.89 bits per heavy atom. The number of benzene rings is 2. The smallest absolute Gasteiger partial charge is 0.0721 e. The van der Waals surface area contributed by atoms with Crippen LogP contribution in [0.15, 0.2) is 39.7 Å². The SMILES string of the molecule is O=C([O-])CSc1ccc(Br)c2cccc(C(=O)[O-])c12. The molecule has 4 nitrogen and oxygen atoms in total. The molecule has 2 rings (SSSR count). The Labute approximate surface area is 121 Å². The van der Waals surface area contributed by atoms with Gasteiger partial charge in [0, 0.05) is 26.1 Å². The van der Waals surface area contributed by atoms with E-state index in [4.69, 9.17) is 0 Å². The Hall–Kier alpha value is -1.53. The number of aliphatic carboxylic acids is 1. The van der Waals surface area contributed by atoms with E-state index < -0.39 is 11.9 Å². The summed E-state index contributed by atoms with van der Waals surface area (Å²) in [5, 5.41) is 22.9. The van der Waals surface area contributed by atoms with Gasteiger partial charge in [-0.1, -0.05) is 34.1 Å². The summed E-state index contributed by atoms with van der Waals surface area (Å²) in [5.41, 5.74) is 0.0413. The first-order valence-electron chi connectivity index (χ1n) is 5.26. The summed E-state index contributed by atoms with van der Waals surface area (Å²) >= 11 is 4.37. The van der Waals surface area contributed by atoms with E-state index in [1.54, 1.807) is 24.3 Å². The summed E-state index contributed by atoms with van der Waals surface area (Å²) in [6.07, 6.45) is 0. The number of halogens is 1. The van der Waals surface area contributed by atoms with Crippen LogP contribution in [-0.4, -0.2) is 17.7 Å². The maximum Gasteiger partial charge on any atom is 0.0721 e. The summed E-state index contributed by atoms with van der Waals surface area (Å²) in [6, 6.07) is 8.24. The number of carbonyl (C=O) groups excluding carboxylic acids is 2. The van der Waals surface area contributed by atoms with Crippen molar-refractivity contribution in [3.8, 4) is 0 Å². The summed E-state index contributed by atoms with van der Waals surface area (Å²) in [4.78, 5) is 22.2. The first-order valence-corrected chi connectivity index (χ1v) is 7.04. The van der Waals surface area contributed by atoms with Gasteiger partial charge in [-0.15, -0.1) is 11.8 Å². The number of hydrogen-bond acceptors (Lipinski definition) is 5. The van der Waals surface area contributed by atoms with Crippen molar-refractivity contribution in [2.45, 2.75) is 4.90 Å². The van der Waals surface area contributed by atoms with Gasteiger partial charge in [0.15, 0.2) is 0 Å². The average Bonchev–Trinajstić information content (AvgIpc) is 2.37. The zero-order valence-corrected chi connectivity index (χ0v) is 11.9. The normalized spacial score (nSPS) is 10.6. The zero-order valence-electron chi connectivity index (χ0n) is 9.51. The molecule has 0 aliphatic heterocycles. The Kier molecular flexibility index (Phi) is 4.11. The second-order valence-electron chi connectivity index (χ2n) is 3.72. The minimum absolute atomic E-state index is 0.0413. The Morgan fingerprint density at radius 3 is 2.53 bits per heavy atom. The number of hydrogen-bond donors (Lipinski definition) is 0. The van der Waals surface area contributed by atoms with E-state index in [2.05, 4.69) is 15.9 Å². The minimum atomic E-state index is -1.29. The lowest BCUT2D eigenvalue weighted by Gasteiger charge is -2.13. The van der Waals surface area contributed by atoms with Crippen molar-refractivity contribution >= 4 is 50.4 Å². The molecule has 2 aromatic carbocycles. The largest absolute Gasteiger partial charge is 0.549 e. The molecule has 0 radical (unpaired) electrons. The van der Waals surface area contributed by atoms with Crippen LogP contribution in [0.4, 0.5) is 0 Å². The lowest BCUT2D eigenvalue weighted by molar-refractivity contribution is -0.301. The third-order valence-corrected chi connectivity index (χ3v) is 4.24. The fraction of sp³-hybridized carbons (Fsp3) is 0.0769. The van der Waals surface area contributed by atoms with Gasteiger partial charge < -0.3 is 19.8 Å². The molecular weight excluding hydrogens is 332 g/mol. The van der Waals surface area contributed by atoms with Crippen molar-refractivity contribution in [3.05, 3.63) is 40.4 Å². The summed E-state index contributed by atoms with van der Waals surface area (Å²) < 4.78 is 0.739. The van der Waals surface area contributed by atoms with Crippen LogP contribution in [-0.2, 0) is 4.79 Å². The van der Waals surface area contributed by atoms with E-state index in [0.29, 0.717) is 15.7 Å². The lowest BCUT2D eigenvalue weighted by Crippen LogP contribution is -2.24. The molecule has 0 aliphatic rings. The van der Waals surface area contributed by atoms with Crippen molar-refractivity contribution < 1.29 is 19.8 Å². The van der Waals surface area contributed by atoms with Gasteiger partial charge in [0.25, 0.3) is 0 Å². The van der Waals surface area contributed by atoms with Gasteiger partial charge in [0.1, 0.15) is 0 Å². The second kappa shape index (κ2) is 5.63. The van der Waals surface area contributed by atoms with E-state index >= 15 is 0 Å². The Balaban J connectivity index is 2.66. The lowest BCUT2D eigenvalue weighted by atomic mass is 10.0. The van der Waals surface area contributed by atoms with E-state index in [9.17, 15) is 19.8 Å². The van der Waals surface area contributed by atoms with E-state index in [1.165, 1.54) is 6.07 Å². The highest BCUT2D eigenvalue weighted by molar-refractivity contribution is 9.10. The molecule has 0 amide bonds. The summed E-state index contributed by atoms with van der Waals surface area (Å²) in [6.45, 7) is 0. The van der Waals surface area contributed by atoms with Crippen molar-refractivity contribution in [1.29, 1.82) is 0 Å². The van der Waals surface area contributed by atoms with Gasteiger partial charge >= 0.3 is 0 Å². The first-order chi connectivity index (χ1) is 9.00. The van der Waals surface area contributed by atoms with Crippen LogP contribution in [0.2, 0.25) is 0 Å². The molecule has 0 heterocycles. The van der Waals surface area contributed by atoms with Crippen molar-refractivity contribution in [2.24, 2.45) is 0 Å². The van der Waals surface area contributed by atoms with Gasteiger partial charge in [-0.25, -0.2) is 0 Å². The van der Waals surface area contributed by atoms with Gasteiger partial charge in [-0.2, -0.15) is 0 Å².